The van der Waals surface area contributed by atoms with Crippen molar-refractivity contribution in [3.8, 4) is 11.1 Å². The van der Waals surface area contributed by atoms with Crippen LogP contribution in [0, 0.1) is 0 Å². The van der Waals surface area contributed by atoms with Gasteiger partial charge in [0.25, 0.3) is 0 Å². The van der Waals surface area contributed by atoms with Gasteiger partial charge in [-0.15, -0.1) is 0 Å². The Kier molecular flexibility index (Phi) is 6.34. The van der Waals surface area contributed by atoms with Crippen LogP contribution in [0.1, 0.15) is 70.3 Å². The molecule has 0 saturated heterocycles. The van der Waals surface area contributed by atoms with E-state index >= 15 is 0 Å². The zero-order chi connectivity index (χ0) is 16.6. The molecule has 3 rings (SSSR count). The van der Waals surface area contributed by atoms with E-state index < -0.39 is 0 Å². The molecule has 0 unspecified atom stereocenters. The van der Waals surface area contributed by atoms with Gasteiger partial charge in [0, 0.05) is 11.1 Å². The lowest BCUT2D eigenvalue weighted by molar-refractivity contribution is 0.565. The van der Waals surface area contributed by atoms with Gasteiger partial charge in [0.05, 0.1) is 11.4 Å². The van der Waals surface area contributed by atoms with Gasteiger partial charge >= 0.3 is 0 Å². The van der Waals surface area contributed by atoms with E-state index in [0.29, 0.717) is 0 Å². The second-order valence-electron chi connectivity index (χ2n) is 7.02. The number of para-hydroxylation sites is 2. The van der Waals surface area contributed by atoms with Crippen molar-refractivity contribution in [3.63, 3.8) is 0 Å². The van der Waals surface area contributed by atoms with Crippen LogP contribution in [0.2, 0.25) is 0 Å². The summed E-state index contributed by atoms with van der Waals surface area (Å²) in [4.78, 5) is 0. The Labute approximate surface area is 147 Å². The van der Waals surface area contributed by atoms with Crippen molar-refractivity contribution >= 4 is 11.4 Å². The fourth-order valence-electron chi connectivity index (χ4n) is 3.69. The van der Waals surface area contributed by atoms with E-state index in [9.17, 15) is 0 Å². The van der Waals surface area contributed by atoms with E-state index in [1.165, 1.54) is 80.2 Å². The van der Waals surface area contributed by atoms with Gasteiger partial charge in [-0.3, -0.25) is 0 Å². The Morgan fingerprint density at radius 1 is 0.667 bits per heavy atom. The second kappa shape index (κ2) is 8.92. The van der Waals surface area contributed by atoms with Crippen LogP contribution in [-0.2, 0) is 6.42 Å². The van der Waals surface area contributed by atoms with Crippen LogP contribution in [0.5, 0.6) is 0 Å². The smallest absolute Gasteiger partial charge is 0.0748 e. The molecule has 2 aromatic rings. The zero-order valence-electron chi connectivity index (χ0n) is 15.1. The highest BCUT2D eigenvalue weighted by atomic mass is 14.9. The van der Waals surface area contributed by atoms with E-state index in [1.807, 2.05) is 0 Å². The van der Waals surface area contributed by atoms with Crippen LogP contribution >= 0.6 is 0 Å². The summed E-state index contributed by atoms with van der Waals surface area (Å²) in [6.45, 7) is 2.28. The Balaban J connectivity index is 1.43. The molecule has 127 valence electrons. The first-order valence-electron chi connectivity index (χ1n) is 9.83. The number of unbranched alkanes of at least 4 members (excludes halogenated alkanes) is 8. The predicted octanol–water partition coefficient (Wildman–Crippen LogP) is 7.31. The molecule has 0 fully saturated rings. The number of hydrogen-bond acceptors (Lipinski definition) is 0. The number of hydrogen-bond donors (Lipinski definition) is 0. The van der Waals surface area contributed by atoms with Crippen molar-refractivity contribution in [2.75, 3.05) is 0 Å². The molecule has 1 heterocycles. The van der Waals surface area contributed by atoms with Gasteiger partial charge in [-0.25, -0.2) is 5.32 Å². The molecule has 1 aliphatic rings. The molecule has 1 radical (unpaired) electrons. The van der Waals surface area contributed by atoms with Crippen LogP contribution in [0.3, 0.4) is 0 Å². The minimum Gasteiger partial charge on any atom is -0.247 e. The van der Waals surface area contributed by atoms with E-state index in [2.05, 4.69) is 49.4 Å². The van der Waals surface area contributed by atoms with Gasteiger partial charge in [0.1, 0.15) is 0 Å². The molecule has 0 saturated carbocycles. The molecule has 2 aromatic carbocycles. The normalized spacial score (nSPS) is 11.9. The minimum absolute atomic E-state index is 1.13. The highest BCUT2D eigenvalue weighted by Gasteiger charge is 2.21. The monoisotopic (exact) mass is 320 g/mol. The molecule has 0 N–H and O–H groups in total. The fraction of sp³-hybridized carbons (Fsp3) is 0.478. The summed E-state index contributed by atoms with van der Waals surface area (Å²) in [5, 5.41) is 4.87. The molecule has 0 amide bonds. The Morgan fingerprint density at radius 3 is 2.12 bits per heavy atom. The Bertz CT molecular complexity index is 644. The molecule has 0 bridgehead atoms. The number of fused-ring (bicyclic) bond motifs is 3. The molecule has 0 aliphatic carbocycles. The molecule has 1 aliphatic heterocycles. The van der Waals surface area contributed by atoms with Crippen molar-refractivity contribution in [1.82, 2.24) is 5.32 Å². The van der Waals surface area contributed by atoms with Crippen LogP contribution in [0.25, 0.3) is 11.1 Å². The minimum atomic E-state index is 1.13. The van der Waals surface area contributed by atoms with Crippen molar-refractivity contribution in [2.24, 2.45) is 0 Å². The molecular formula is C23H30N. The molecule has 0 aromatic heterocycles. The van der Waals surface area contributed by atoms with Crippen molar-refractivity contribution in [1.29, 1.82) is 0 Å². The lowest BCUT2D eigenvalue weighted by atomic mass is 9.99. The predicted molar refractivity (Wildman–Crippen MR) is 104 cm³/mol. The number of nitrogens with zero attached hydrogens (tertiary/aromatic N) is 1. The zero-order valence-corrected chi connectivity index (χ0v) is 15.1. The van der Waals surface area contributed by atoms with Gasteiger partial charge in [-0.05, 0) is 24.5 Å². The third kappa shape index (κ3) is 4.20. The lowest BCUT2D eigenvalue weighted by Gasteiger charge is -2.07. The van der Waals surface area contributed by atoms with Gasteiger partial charge in [0.15, 0.2) is 0 Å². The molecular weight excluding hydrogens is 290 g/mol. The molecule has 0 spiro atoms. The summed E-state index contributed by atoms with van der Waals surface area (Å²) < 4.78 is 0. The van der Waals surface area contributed by atoms with E-state index in [0.717, 1.165) is 12.1 Å². The van der Waals surface area contributed by atoms with Crippen molar-refractivity contribution < 1.29 is 0 Å². The molecule has 24 heavy (non-hydrogen) atoms. The topological polar surface area (TPSA) is 14.1 Å². The maximum atomic E-state index is 4.87. The van der Waals surface area contributed by atoms with Crippen LogP contribution in [-0.4, -0.2) is 0 Å². The number of benzene rings is 2. The maximum Gasteiger partial charge on any atom is 0.0748 e. The average Bonchev–Trinajstić information content (AvgIpc) is 3.00. The average molecular weight is 321 g/mol. The van der Waals surface area contributed by atoms with E-state index in [4.69, 9.17) is 5.32 Å². The molecule has 1 nitrogen and oxygen atoms in total. The summed E-state index contributed by atoms with van der Waals surface area (Å²) >= 11 is 0. The fourth-order valence-corrected chi connectivity index (χ4v) is 3.69. The standard InChI is InChI=1S/C23H30N/c1-2-3-4-5-6-7-8-9-10-14-19-15-13-17-21-20-16-11-12-18-22(20)24-23(19)21/h11-13,15-18H,2-10,14H2,1H3. The quantitative estimate of drug-likeness (QED) is 0.348. The molecule has 1 heteroatoms. The van der Waals surface area contributed by atoms with Crippen molar-refractivity contribution in [2.45, 2.75) is 71.1 Å². The summed E-state index contributed by atoms with van der Waals surface area (Å²) in [6, 6.07) is 15.2. The van der Waals surface area contributed by atoms with Crippen LogP contribution in [0.15, 0.2) is 42.5 Å². The third-order valence-electron chi connectivity index (χ3n) is 5.10. The highest BCUT2D eigenvalue weighted by Crippen LogP contribution is 2.44. The Morgan fingerprint density at radius 2 is 1.33 bits per heavy atom. The summed E-state index contributed by atoms with van der Waals surface area (Å²) in [5.41, 5.74) is 6.39. The summed E-state index contributed by atoms with van der Waals surface area (Å²) in [6.07, 6.45) is 13.6. The van der Waals surface area contributed by atoms with E-state index in [1.54, 1.807) is 0 Å². The van der Waals surface area contributed by atoms with Crippen molar-refractivity contribution in [3.05, 3.63) is 48.0 Å². The van der Waals surface area contributed by atoms with Crippen LogP contribution in [0.4, 0.5) is 11.4 Å². The summed E-state index contributed by atoms with van der Waals surface area (Å²) in [5.74, 6) is 0. The number of rotatable bonds is 10. The largest absolute Gasteiger partial charge is 0.247 e. The third-order valence-corrected chi connectivity index (χ3v) is 5.10. The van der Waals surface area contributed by atoms with Gasteiger partial charge in [-0.2, -0.15) is 0 Å². The first kappa shape index (κ1) is 17.1. The van der Waals surface area contributed by atoms with Crippen LogP contribution < -0.4 is 5.32 Å². The van der Waals surface area contributed by atoms with Gasteiger partial charge in [-0.1, -0.05) is 94.7 Å². The lowest BCUT2D eigenvalue weighted by Crippen LogP contribution is -1.92. The second-order valence-corrected chi connectivity index (χ2v) is 7.02. The maximum absolute atomic E-state index is 4.87. The highest BCUT2D eigenvalue weighted by molar-refractivity contribution is 5.91. The molecule has 0 atom stereocenters. The SMILES string of the molecule is CCCCCCCCCCCc1cccc2c1[N]c1ccccc1-2. The van der Waals surface area contributed by atoms with Gasteiger partial charge < -0.3 is 0 Å². The first-order valence-corrected chi connectivity index (χ1v) is 9.83. The number of aryl methyl sites for hydroxylation is 1. The Hall–Kier alpha value is -1.76. The summed E-state index contributed by atoms with van der Waals surface area (Å²) in [7, 11) is 0. The van der Waals surface area contributed by atoms with Gasteiger partial charge in [0.2, 0.25) is 0 Å². The first-order chi connectivity index (χ1) is 11.9. The van der Waals surface area contributed by atoms with E-state index in [-0.39, 0.29) is 0 Å².